The molecule has 0 aliphatic rings. The van der Waals surface area contributed by atoms with E-state index in [2.05, 4.69) is 0 Å². The predicted octanol–water partition coefficient (Wildman–Crippen LogP) is 1.13. The van der Waals surface area contributed by atoms with Crippen LogP contribution >= 0.6 is 0 Å². The number of hydrogen-bond donors (Lipinski definition) is 0. The number of rotatable bonds is 3. The van der Waals surface area contributed by atoms with E-state index < -0.39 is 0 Å². The minimum Gasteiger partial charge on any atom is -0.542 e. The summed E-state index contributed by atoms with van der Waals surface area (Å²) in [4.78, 5) is 19.1. The molecule has 0 spiro atoms. The fourth-order valence-corrected chi connectivity index (χ4v) is 0.167. The fraction of sp³-hybridized carbons (Fsp3) is 0.429. The van der Waals surface area contributed by atoms with E-state index in [9.17, 15) is 9.59 Å². The van der Waals surface area contributed by atoms with Crippen LogP contribution in [0.15, 0.2) is 0 Å². The Hall–Kier alpha value is 2.65. The standard InChI is InChI=1S/C5H6O2.2CH3.3Y/c1-5(4-7)2-3-6;;;;;/h5H,2H2,1H3;2*1H3;;;/q-2;2*-1;;;. The van der Waals surface area contributed by atoms with Crippen molar-refractivity contribution in [1.29, 1.82) is 0 Å². The molecule has 0 N–H and O–H groups in total. The van der Waals surface area contributed by atoms with Gasteiger partial charge in [0.15, 0.2) is 0 Å². The molecule has 0 rings (SSSR count). The molecule has 5 heteroatoms. The summed E-state index contributed by atoms with van der Waals surface area (Å²) in [7, 11) is 0. The second-order valence-electron chi connectivity index (χ2n) is 1.37. The second kappa shape index (κ2) is 29.2. The van der Waals surface area contributed by atoms with Gasteiger partial charge in [-0.25, -0.2) is 0 Å². The SMILES string of the molecule is CC([C-]=O)C[C-]=O.[CH3-].[CH3-].[Y].[Y].[Y]. The summed E-state index contributed by atoms with van der Waals surface area (Å²) in [5.74, 6) is -0.280. The smallest absolute Gasteiger partial charge is 0 e. The van der Waals surface area contributed by atoms with Crippen LogP contribution in [0.3, 0.4) is 0 Å². The summed E-state index contributed by atoms with van der Waals surface area (Å²) in [6, 6.07) is 0. The predicted molar refractivity (Wildman–Crippen MR) is 38.0 cm³/mol. The van der Waals surface area contributed by atoms with Gasteiger partial charge in [0.1, 0.15) is 0 Å². The van der Waals surface area contributed by atoms with Gasteiger partial charge in [-0.15, -0.1) is 0 Å². The van der Waals surface area contributed by atoms with Crippen molar-refractivity contribution < 1.29 is 108 Å². The third-order valence-corrected chi connectivity index (χ3v) is 0.591. The molecule has 0 saturated heterocycles. The first-order valence-electron chi connectivity index (χ1n) is 2.04. The van der Waals surface area contributed by atoms with Crippen molar-refractivity contribution in [2.24, 2.45) is 5.92 Å². The quantitative estimate of drug-likeness (QED) is 0.672. The molecule has 65 valence electrons. The Balaban J connectivity index is -0.0000000180. The minimum atomic E-state index is -0.280. The first-order chi connectivity index (χ1) is 3.31. The van der Waals surface area contributed by atoms with E-state index in [-0.39, 0.29) is 125 Å². The van der Waals surface area contributed by atoms with Crippen molar-refractivity contribution in [2.45, 2.75) is 13.3 Å². The third-order valence-electron chi connectivity index (χ3n) is 0.591. The van der Waals surface area contributed by atoms with E-state index in [1.165, 1.54) is 0 Å². The van der Waals surface area contributed by atoms with Crippen molar-refractivity contribution in [3.05, 3.63) is 14.9 Å². The molecule has 0 aromatic rings. The van der Waals surface area contributed by atoms with Gasteiger partial charge >= 0.3 is 0 Å². The molecule has 0 heterocycles. The Bertz CT molecular complexity index is 79.1. The van der Waals surface area contributed by atoms with Gasteiger partial charge in [0.25, 0.3) is 0 Å². The first-order valence-corrected chi connectivity index (χ1v) is 2.04. The van der Waals surface area contributed by atoms with Gasteiger partial charge < -0.3 is 24.4 Å². The monoisotopic (exact) mass is 395 g/mol. The van der Waals surface area contributed by atoms with Crippen LogP contribution in [0.5, 0.6) is 0 Å². The molecule has 1 atom stereocenters. The molecule has 0 aromatic carbocycles. The van der Waals surface area contributed by atoms with Crippen molar-refractivity contribution >= 4 is 12.6 Å². The van der Waals surface area contributed by atoms with E-state index in [4.69, 9.17) is 0 Å². The van der Waals surface area contributed by atoms with Crippen molar-refractivity contribution in [3.63, 3.8) is 0 Å². The van der Waals surface area contributed by atoms with E-state index in [1.807, 2.05) is 0 Å². The molecular weight excluding hydrogens is 383 g/mol. The van der Waals surface area contributed by atoms with E-state index >= 15 is 0 Å². The summed E-state index contributed by atoms with van der Waals surface area (Å²) >= 11 is 0. The molecule has 0 aromatic heterocycles. The zero-order valence-electron chi connectivity index (χ0n) is 7.83. The minimum absolute atomic E-state index is 0. The molecule has 0 aliphatic heterocycles. The molecule has 1 unspecified atom stereocenters. The van der Waals surface area contributed by atoms with Crippen LogP contribution in [0.4, 0.5) is 0 Å². The van der Waals surface area contributed by atoms with Crippen molar-refractivity contribution in [3.8, 4) is 0 Å². The van der Waals surface area contributed by atoms with Crippen LogP contribution in [0, 0.1) is 20.8 Å². The van der Waals surface area contributed by atoms with Gasteiger partial charge in [0.05, 0.1) is 0 Å². The van der Waals surface area contributed by atoms with Gasteiger partial charge in [-0.1, -0.05) is 6.92 Å². The maximum atomic E-state index is 9.59. The summed E-state index contributed by atoms with van der Waals surface area (Å²) < 4.78 is 0. The molecule has 0 amide bonds. The maximum absolute atomic E-state index is 9.59. The van der Waals surface area contributed by atoms with E-state index in [1.54, 1.807) is 19.5 Å². The second-order valence-corrected chi connectivity index (χ2v) is 1.37. The fourth-order valence-electron chi connectivity index (χ4n) is 0.167. The molecule has 0 aliphatic carbocycles. The Kier molecular flexibility index (Phi) is 88.7. The molecule has 3 radical (unpaired) electrons. The van der Waals surface area contributed by atoms with E-state index in [0.717, 1.165) is 0 Å². The topological polar surface area (TPSA) is 34.1 Å². The number of carbonyl (C=O) groups excluding carboxylic acids is 2. The number of hydrogen-bond acceptors (Lipinski definition) is 2. The van der Waals surface area contributed by atoms with Crippen LogP contribution in [0.1, 0.15) is 13.3 Å². The van der Waals surface area contributed by atoms with Gasteiger partial charge in [-0.05, 0) is 0 Å². The Morgan fingerprint density at radius 2 is 1.42 bits per heavy atom. The van der Waals surface area contributed by atoms with Crippen LogP contribution in [0.2, 0.25) is 0 Å². The molecular formula is C7H12O2Y3-4. The first kappa shape index (κ1) is 36.5. The largest absolute Gasteiger partial charge is 0.542 e. The Morgan fingerprint density at radius 3 is 1.50 bits per heavy atom. The average molecular weight is 395 g/mol. The summed E-state index contributed by atoms with van der Waals surface area (Å²) in [5, 5.41) is 0. The third kappa shape index (κ3) is 29.3. The summed E-state index contributed by atoms with van der Waals surface area (Å²) in [6.07, 6.45) is 3.43. The molecule has 0 saturated carbocycles. The average Bonchev–Trinajstić information content (AvgIpc) is 1.68. The van der Waals surface area contributed by atoms with E-state index in [0.29, 0.717) is 0 Å². The van der Waals surface area contributed by atoms with Crippen LogP contribution in [0.25, 0.3) is 0 Å². The van der Waals surface area contributed by atoms with Crippen LogP contribution in [-0.2, 0) is 108 Å². The van der Waals surface area contributed by atoms with Gasteiger partial charge in [-0.2, -0.15) is 12.3 Å². The molecule has 2 nitrogen and oxygen atoms in total. The zero-order chi connectivity index (χ0) is 5.70. The van der Waals surface area contributed by atoms with Gasteiger partial charge in [0, 0.05) is 98.1 Å². The molecule has 0 fully saturated rings. The van der Waals surface area contributed by atoms with Gasteiger partial charge in [-0.3, -0.25) is 12.6 Å². The van der Waals surface area contributed by atoms with Gasteiger partial charge in [0.2, 0.25) is 0 Å². The summed E-state index contributed by atoms with van der Waals surface area (Å²) in [5.41, 5.74) is 0. The molecule has 12 heavy (non-hydrogen) atoms. The molecule has 0 bridgehead atoms. The van der Waals surface area contributed by atoms with Crippen LogP contribution in [-0.4, -0.2) is 12.6 Å². The normalized spacial score (nSPS) is 7.42. The van der Waals surface area contributed by atoms with Crippen LogP contribution < -0.4 is 0 Å². The zero-order valence-corrected chi connectivity index (χ0v) is 16.3. The van der Waals surface area contributed by atoms with Crippen molar-refractivity contribution in [1.82, 2.24) is 0 Å². The Morgan fingerprint density at radius 1 is 1.08 bits per heavy atom. The summed E-state index contributed by atoms with van der Waals surface area (Å²) in [6.45, 7) is 1.62. The van der Waals surface area contributed by atoms with Crippen molar-refractivity contribution in [2.75, 3.05) is 0 Å². The maximum Gasteiger partial charge on any atom is 0 e. The Labute approximate surface area is 151 Å².